The smallest absolute Gasteiger partial charge is 0.241 e. The molecule has 0 aromatic carbocycles. The summed E-state index contributed by atoms with van der Waals surface area (Å²) in [7, 11) is 0. The Morgan fingerprint density at radius 1 is 1.35 bits per heavy atom. The number of nitrogens with zero attached hydrogens (tertiary/aromatic N) is 4. The maximum atomic E-state index is 5.86. The van der Waals surface area contributed by atoms with Crippen LogP contribution in [0.4, 0.5) is 0 Å². The van der Waals surface area contributed by atoms with Gasteiger partial charge < -0.3 is 14.9 Å². The normalized spacial score (nSPS) is 11.1. The van der Waals surface area contributed by atoms with Crippen LogP contribution in [0, 0.1) is 0 Å². The van der Waals surface area contributed by atoms with Crippen molar-refractivity contribution in [1.29, 1.82) is 0 Å². The second-order valence-electron chi connectivity index (χ2n) is 4.46. The Labute approximate surface area is 116 Å². The number of fused-ring (bicyclic) bond motifs is 1. The average molecular weight is 271 g/mol. The molecule has 20 heavy (non-hydrogen) atoms. The highest BCUT2D eigenvalue weighted by Crippen LogP contribution is 2.25. The van der Waals surface area contributed by atoms with Crippen LogP contribution >= 0.6 is 0 Å². The lowest BCUT2D eigenvalue weighted by atomic mass is 10.3. The quantitative estimate of drug-likeness (QED) is 0.768. The van der Waals surface area contributed by atoms with E-state index >= 15 is 0 Å². The molecule has 6 heteroatoms. The first kappa shape index (κ1) is 12.7. The summed E-state index contributed by atoms with van der Waals surface area (Å²) in [5.41, 5.74) is 7.52. The summed E-state index contributed by atoms with van der Waals surface area (Å²) < 4.78 is 9.68. The number of rotatable bonds is 5. The Balaban J connectivity index is 1.99. The van der Waals surface area contributed by atoms with E-state index in [0.29, 0.717) is 24.6 Å². The Hall–Kier alpha value is -2.34. The Kier molecular flexibility index (Phi) is 3.39. The maximum Gasteiger partial charge on any atom is 0.241 e. The number of ether oxygens (including phenoxy) is 1. The summed E-state index contributed by atoms with van der Waals surface area (Å²) in [6.07, 6.45) is 6.23. The van der Waals surface area contributed by atoms with Crippen LogP contribution in [-0.2, 0) is 13.0 Å². The van der Waals surface area contributed by atoms with E-state index in [1.54, 1.807) is 6.20 Å². The van der Waals surface area contributed by atoms with Crippen molar-refractivity contribution in [2.24, 2.45) is 5.73 Å². The molecule has 3 aromatic heterocycles. The van der Waals surface area contributed by atoms with Crippen molar-refractivity contribution in [1.82, 2.24) is 19.2 Å². The Bertz CT molecular complexity index is 715. The molecule has 0 fully saturated rings. The summed E-state index contributed by atoms with van der Waals surface area (Å²) in [6.45, 7) is 3.39. The fraction of sp³-hybridized carbons (Fsp3) is 0.286. The molecule has 2 N–H and O–H groups in total. The van der Waals surface area contributed by atoms with Gasteiger partial charge in [-0.2, -0.15) is 10.1 Å². The third-order valence-corrected chi connectivity index (χ3v) is 3.12. The van der Waals surface area contributed by atoms with E-state index in [4.69, 9.17) is 10.5 Å². The molecule has 0 aliphatic rings. The predicted octanol–water partition coefficient (Wildman–Crippen LogP) is 1.84. The molecule has 6 nitrogen and oxygen atoms in total. The number of pyridine rings is 1. The second kappa shape index (κ2) is 5.34. The summed E-state index contributed by atoms with van der Waals surface area (Å²) in [6, 6.07) is 5.86. The van der Waals surface area contributed by atoms with Crippen LogP contribution in [-0.4, -0.2) is 25.7 Å². The zero-order chi connectivity index (χ0) is 13.9. The predicted molar refractivity (Wildman–Crippen MR) is 75.9 cm³/mol. The molecule has 0 saturated heterocycles. The zero-order valence-electron chi connectivity index (χ0n) is 11.4. The van der Waals surface area contributed by atoms with E-state index in [9.17, 15) is 0 Å². The molecule has 3 heterocycles. The van der Waals surface area contributed by atoms with Crippen molar-refractivity contribution in [2.45, 2.75) is 19.9 Å². The molecule has 0 spiro atoms. The van der Waals surface area contributed by atoms with Crippen LogP contribution in [0.25, 0.3) is 5.65 Å². The van der Waals surface area contributed by atoms with Crippen LogP contribution in [0.1, 0.15) is 12.6 Å². The molecule has 0 bridgehead atoms. The lowest BCUT2D eigenvalue weighted by molar-refractivity contribution is 0.458. The topological polar surface area (TPSA) is 70.4 Å². The molecule has 0 radical (unpaired) electrons. The van der Waals surface area contributed by atoms with E-state index in [1.807, 2.05) is 46.6 Å². The minimum Gasteiger partial charge on any atom is -0.434 e. The van der Waals surface area contributed by atoms with Gasteiger partial charge in [0.25, 0.3) is 0 Å². The minimum absolute atomic E-state index is 0.549. The number of hydrogen-bond acceptors (Lipinski definition) is 4. The van der Waals surface area contributed by atoms with Crippen LogP contribution in [0.15, 0.2) is 36.8 Å². The maximum absolute atomic E-state index is 5.86. The van der Waals surface area contributed by atoms with Gasteiger partial charge in [0.2, 0.25) is 5.88 Å². The van der Waals surface area contributed by atoms with Gasteiger partial charge in [0, 0.05) is 19.2 Å². The molecule has 3 rings (SSSR count). The standard InChI is InChI=1S/C14H17N5O/c1-2-18-10-11(9-16-18)20-14-12(6-7-15)19-8-4-3-5-13(19)17-14/h3-5,8-10H,2,6-7,15H2,1H3. The first-order valence-electron chi connectivity index (χ1n) is 6.68. The van der Waals surface area contributed by atoms with Gasteiger partial charge in [0.1, 0.15) is 5.65 Å². The van der Waals surface area contributed by atoms with Crippen molar-refractivity contribution in [3.05, 3.63) is 42.5 Å². The summed E-state index contributed by atoms with van der Waals surface area (Å²) in [5, 5.41) is 4.19. The lowest BCUT2D eigenvalue weighted by Gasteiger charge is -2.03. The highest BCUT2D eigenvalue weighted by Gasteiger charge is 2.14. The molecule has 0 unspecified atom stereocenters. The van der Waals surface area contributed by atoms with Crippen molar-refractivity contribution in [2.75, 3.05) is 6.54 Å². The van der Waals surface area contributed by atoms with Gasteiger partial charge in [-0.1, -0.05) is 6.07 Å². The van der Waals surface area contributed by atoms with Gasteiger partial charge in [-0.05, 0) is 25.6 Å². The second-order valence-corrected chi connectivity index (χ2v) is 4.46. The number of aromatic nitrogens is 4. The van der Waals surface area contributed by atoms with Crippen molar-refractivity contribution in [3.8, 4) is 11.6 Å². The molecule has 0 aliphatic heterocycles. The molecule has 0 amide bonds. The van der Waals surface area contributed by atoms with E-state index in [0.717, 1.165) is 17.9 Å². The van der Waals surface area contributed by atoms with Crippen LogP contribution in [0.3, 0.4) is 0 Å². The van der Waals surface area contributed by atoms with E-state index in [-0.39, 0.29) is 0 Å². The van der Waals surface area contributed by atoms with Crippen molar-refractivity contribution in [3.63, 3.8) is 0 Å². The summed E-state index contributed by atoms with van der Waals surface area (Å²) in [4.78, 5) is 4.51. The molecule has 0 saturated carbocycles. The van der Waals surface area contributed by atoms with E-state index in [1.165, 1.54) is 0 Å². The van der Waals surface area contributed by atoms with Gasteiger partial charge in [-0.3, -0.25) is 4.68 Å². The third-order valence-electron chi connectivity index (χ3n) is 3.12. The molecular weight excluding hydrogens is 254 g/mol. The number of nitrogens with two attached hydrogens (primary N) is 1. The SMILES string of the molecule is CCn1cc(Oc2nc3ccccn3c2CCN)cn1. The first-order valence-corrected chi connectivity index (χ1v) is 6.68. The van der Waals surface area contributed by atoms with Gasteiger partial charge in [-0.15, -0.1) is 0 Å². The third kappa shape index (κ3) is 2.25. The van der Waals surface area contributed by atoms with Gasteiger partial charge in [0.05, 0.1) is 18.1 Å². The molecule has 3 aromatic rings. The zero-order valence-corrected chi connectivity index (χ0v) is 11.4. The number of aryl methyl sites for hydroxylation is 1. The monoisotopic (exact) mass is 271 g/mol. The fourth-order valence-corrected chi connectivity index (χ4v) is 2.15. The Morgan fingerprint density at radius 3 is 3.00 bits per heavy atom. The first-order chi connectivity index (χ1) is 9.81. The Morgan fingerprint density at radius 2 is 2.25 bits per heavy atom. The molecule has 0 aliphatic carbocycles. The van der Waals surface area contributed by atoms with Crippen LogP contribution in [0.2, 0.25) is 0 Å². The lowest BCUT2D eigenvalue weighted by Crippen LogP contribution is -2.06. The van der Waals surface area contributed by atoms with Crippen molar-refractivity contribution < 1.29 is 4.74 Å². The highest BCUT2D eigenvalue weighted by molar-refractivity contribution is 5.46. The van der Waals surface area contributed by atoms with Crippen LogP contribution in [0.5, 0.6) is 11.6 Å². The van der Waals surface area contributed by atoms with Gasteiger partial charge in [-0.25, -0.2) is 0 Å². The van der Waals surface area contributed by atoms with Gasteiger partial charge >= 0.3 is 0 Å². The van der Waals surface area contributed by atoms with E-state index in [2.05, 4.69) is 10.1 Å². The summed E-state index contributed by atoms with van der Waals surface area (Å²) in [5.74, 6) is 1.28. The summed E-state index contributed by atoms with van der Waals surface area (Å²) >= 11 is 0. The average Bonchev–Trinajstić information content (AvgIpc) is 3.05. The molecule has 0 atom stereocenters. The van der Waals surface area contributed by atoms with Crippen molar-refractivity contribution >= 4 is 5.65 Å². The molecule has 104 valence electrons. The van der Waals surface area contributed by atoms with Crippen LogP contribution < -0.4 is 10.5 Å². The van der Waals surface area contributed by atoms with E-state index < -0.39 is 0 Å². The molecular formula is C14H17N5O. The minimum atomic E-state index is 0.549. The highest BCUT2D eigenvalue weighted by atomic mass is 16.5. The largest absolute Gasteiger partial charge is 0.434 e. The van der Waals surface area contributed by atoms with Gasteiger partial charge in [0.15, 0.2) is 5.75 Å². The fourth-order valence-electron chi connectivity index (χ4n) is 2.15. The number of imidazole rings is 1. The number of hydrogen-bond donors (Lipinski definition) is 1.